The number of pyridine rings is 1. The molecule has 9 heteroatoms. The van der Waals surface area contributed by atoms with E-state index in [9.17, 15) is 9.90 Å². The lowest BCUT2D eigenvalue weighted by molar-refractivity contribution is -0.104. The first-order valence-electron chi connectivity index (χ1n) is 12.0. The van der Waals surface area contributed by atoms with Crippen LogP contribution in [0.25, 0.3) is 22.3 Å². The van der Waals surface area contributed by atoms with Crippen molar-refractivity contribution in [1.82, 2.24) is 20.1 Å². The minimum atomic E-state index is -0.451. The van der Waals surface area contributed by atoms with Crippen molar-refractivity contribution >= 4 is 17.0 Å². The van der Waals surface area contributed by atoms with E-state index in [4.69, 9.17) is 19.3 Å². The molecule has 0 aliphatic carbocycles. The minimum absolute atomic E-state index is 0.0956. The smallest absolute Gasteiger partial charge is 0.407 e. The van der Waals surface area contributed by atoms with Gasteiger partial charge in [0.05, 0.1) is 36.7 Å². The molecule has 1 atom stereocenters. The number of hydrogen-bond acceptors (Lipinski definition) is 7. The zero-order valence-electron chi connectivity index (χ0n) is 19.8. The van der Waals surface area contributed by atoms with Crippen LogP contribution in [-0.4, -0.2) is 45.7 Å². The first kappa shape index (κ1) is 23.8. The van der Waals surface area contributed by atoms with Crippen LogP contribution >= 0.6 is 0 Å². The second-order valence-corrected chi connectivity index (χ2v) is 8.45. The molecule has 1 aliphatic heterocycles. The van der Waals surface area contributed by atoms with Gasteiger partial charge in [-0.15, -0.1) is 0 Å². The van der Waals surface area contributed by atoms with Crippen LogP contribution in [0.3, 0.4) is 0 Å². The van der Waals surface area contributed by atoms with Crippen LogP contribution in [0.5, 0.6) is 5.75 Å². The molecular weight excluding hydrogens is 460 g/mol. The van der Waals surface area contributed by atoms with Gasteiger partial charge in [-0.05, 0) is 42.3 Å². The number of aliphatic hydroxyl groups is 1. The number of rotatable bonds is 10. The van der Waals surface area contributed by atoms with E-state index in [0.717, 1.165) is 22.9 Å². The summed E-state index contributed by atoms with van der Waals surface area (Å²) < 4.78 is 18.7. The molecule has 5 rings (SSSR count). The molecule has 0 spiro atoms. The van der Waals surface area contributed by atoms with Gasteiger partial charge in [-0.3, -0.25) is 0 Å². The van der Waals surface area contributed by atoms with Crippen LogP contribution in [0.2, 0.25) is 0 Å². The molecule has 3 heterocycles. The summed E-state index contributed by atoms with van der Waals surface area (Å²) in [6.07, 6.45) is 0.981. The van der Waals surface area contributed by atoms with Gasteiger partial charge in [0.15, 0.2) is 6.23 Å². The molecule has 9 nitrogen and oxygen atoms in total. The van der Waals surface area contributed by atoms with Crippen molar-refractivity contribution in [2.75, 3.05) is 19.8 Å². The molecule has 36 heavy (non-hydrogen) atoms. The Labute approximate surface area is 208 Å². The SMILES string of the molecule is O=C(NCCCOc1ccc2c(c1)c(-c1cccc(CO)n1)nn2C1CCO1)OCc1ccccc1. The summed E-state index contributed by atoms with van der Waals surface area (Å²) in [4.78, 5) is 16.4. The van der Waals surface area contributed by atoms with Crippen LogP contribution in [-0.2, 0) is 22.7 Å². The van der Waals surface area contributed by atoms with Gasteiger partial charge in [-0.2, -0.15) is 5.10 Å². The fraction of sp³-hybridized carbons (Fsp3) is 0.296. The lowest BCUT2D eigenvalue weighted by Gasteiger charge is -2.27. The zero-order valence-corrected chi connectivity index (χ0v) is 19.8. The summed E-state index contributed by atoms with van der Waals surface area (Å²) >= 11 is 0. The molecule has 2 aromatic heterocycles. The highest BCUT2D eigenvalue weighted by molar-refractivity contribution is 5.93. The Balaban J connectivity index is 1.20. The fourth-order valence-electron chi connectivity index (χ4n) is 3.96. The largest absolute Gasteiger partial charge is 0.494 e. The topological polar surface area (TPSA) is 108 Å². The molecule has 1 unspecified atom stereocenters. The van der Waals surface area contributed by atoms with Gasteiger partial charge in [-0.1, -0.05) is 36.4 Å². The number of amides is 1. The van der Waals surface area contributed by atoms with Crippen molar-refractivity contribution in [2.45, 2.75) is 32.3 Å². The molecule has 0 saturated carbocycles. The van der Waals surface area contributed by atoms with Gasteiger partial charge in [0.25, 0.3) is 0 Å². The van der Waals surface area contributed by atoms with Gasteiger partial charge in [0.2, 0.25) is 0 Å². The highest BCUT2D eigenvalue weighted by atomic mass is 16.5. The molecular formula is C27H28N4O5. The van der Waals surface area contributed by atoms with E-state index in [2.05, 4.69) is 10.3 Å². The maximum absolute atomic E-state index is 11.9. The molecule has 2 aromatic carbocycles. The number of fused-ring (bicyclic) bond motifs is 1. The van der Waals surface area contributed by atoms with E-state index in [0.29, 0.717) is 49.0 Å². The average Bonchev–Trinajstić information content (AvgIpc) is 3.25. The summed E-state index contributed by atoms with van der Waals surface area (Å²) in [5.41, 5.74) is 3.85. The van der Waals surface area contributed by atoms with E-state index < -0.39 is 6.09 Å². The monoisotopic (exact) mass is 488 g/mol. The Morgan fingerprint density at radius 3 is 2.78 bits per heavy atom. The van der Waals surface area contributed by atoms with Gasteiger partial charge < -0.3 is 24.6 Å². The maximum atomic E-state index is 11.9. The number of nitrogens with zero attached hydrogens (tertiary/aromatic N) is 3. The summed E-state index contributed by atoms with van der Waals surface area (Å²) in [6.45, 7) is 1.68. The quantitative estimate of drug-likeness (QED) is 0.322. The molecule has 0 bridgehead atoms. The third kappa shape index (κ3) is 5.48. The van der Waals surface area contributed by atoms with Crippen molar-refractivity contribution in [2.24, 2.45) is 0 Å². The second kappa shape index (κ2) is 11.2. The van der Waals surface area contributed by atoms with Crippen LogP contribution in [0.4, 0.5) is 4.79 Å². The Hall–Kier alpha value is -3.95. The zero-order chi connectivity index (χ0) is 24.7. The number of hydrogen-bond donors (Lipinski definition) is 2. The third-order valence-corrected chi connectivity index (χ3v) is 5.91. The van der Waals surface area contributed by atoms with Crippen molar-refractivity contribution in [3.63, 3.8) is 0 Å². The predicted octanol–water partition coefficient (Wildman–Crippen LogP) is 4.20. The second-order valence-electron chi connectivity index (χ2n) is 8.45. The Bertz CT molecular complexity index is 1320. The maximum Gasteiger partial charge on any atom is 0.407 e. The number of benzene rings is 2. The first-order valence-corrected chi connectivity index (χ1v) is 12.0. The number of ether oxygens (including phenoxy) is 3. The highest BCUT2D eigenvalue weighted by Gasteiger charge is 2.25. The first-order chi connectivity index (χ1) is 17.7. The lowest BCUT2D eigenvalue weighted by Crippen LogP contribution is -2.26. The average molecular weight is 489 g/mol. The van der Waals surface area contributed by atoms with E-state index in [1.165, 1.54) is 0 Å². The molecule has 4 aromatic rings. The number of carbonyl (C=O) groups excluding carboxylic acids is 1. The minimum Gasteiger partial charge on any atom is -0.494 e. The lowest BCUT2D eigenvalue weighted by atomic mass is 10.1. The summed E-state index contributed by atoms with van der Waals surface area (Å²) in [6, 6.07) is 20.9. The number of carbonyl (C=O) groups is 1. The number of aliphatic hydroxyl groups excluding tert-OH is 1. The van der Waals surface area contributed by atoms with E-state index in [1.807, 2.05) is 65.3 Å². The molecule has 0 radical (unpaired) electrons. The van der Waals surface area contributed by atoms with E-state index >= 15 is 0 Å². The van der Waals surface area contributed by atoms with Gasteiger partial charge in [-0.25, -0.2) is 14.5 Å². The third-order valence-electron chi connectivity index (χ3n) is 5.91. The van der Waals surface area contributed by atoms with Gasteiger partial charge in [0, 0.05) is 18.4 Å². The van der Waals surface area contributed by atoms with Crippen LogP contribution < -0.4 is 10.1 Å². The summed E-state index contributed by atoms with van der Waals surface area (Å²) in [5.74, 6) is 0.697. The molecule has 2 N–H and O–H groups in total. The Morgan fingerprint density at radius 1 is 1.14 bits per heavy atom. The fourth-order valence-corrected chi connectivity index (χ4v) is 3.96. The normalized spacial score (nSPS) is 14.9. The molecule has 1 amide bonds. The molecule has 1 aliphatic rings. The van der Waals surface area contributed by atoms with Crippen molar-refractivity contribution in [3.05, 3.63) is 78.0 Å². The van der Waals surface area contributed by atoms with Gasteiger partial charge >= 0.3 is 6.09 Å². The molecule has 1 fully saturated rings. The van der Waals surface area contributed by atoms with E-state index in [-0.39, 0.29) is 19.4 Å². The van der Waals surface area contributed by atoms with Crippen molar-refractivity contribution in [3.8, 4) is 17.1 Å². The summed E-state index contributed by atoms with van der Waals surface area (Å²) in [5, 5.41) is 17.9. The molecule has 186 valence electrons. The van der Waals surface area contributed by atoms with Crippen molar-refractivity contribution in [1.29, 1.82) is 0 Å². The number of nitrogens with one attached hydrogen (secondary N) is 1. The highest BCUT2D eigenvalue weighted by Crippen LogP contribution is 2.34. The molecule has 1 saturated heterocycles. The van der Waals surface area contributed by atoms with Crippen LogP contribution in [0.15, 0.2) is 66.7 Å². The van der Waals surface area contributed by atoms with Crippen LogP contribution in [0, 0.1) is 0 Å². The Kier molecular flexibility index (Phi) is 7.39. The van der Waals surface area contributed by atoms with Crippen molar-refractivity contribution < 1.29 is 24.1 Å². The standard InChI is InChI=1S/C27H28N4O5/c32-17-20-8-4-9-23(29-20)26-22-16-21(10-11-24(22)31(30-26)25-12-15-35-25)34-14-5-13-28-27(33)36-18-19-6-2-1-3-7-19/h1-4,6-11,16,25,32H,5,12-15,17-18H2,(H,28,33). The number of alkyl carbamates (subject to hydrolysis) is 1. The van der Waals surface area contributed by atoms with E-state index in [1.54, 1.807) is 6.07 Å². The summed E-state index contributed by atoms with van der Waals surface area (Å²) in [7, 11) is 0. The Morgan fingerprint density at radius 2 is 2.00 bits per heavy atom. The van der Waals surface area contributed by atoms with Gasteiger partial charge in [0.1, 0.15) is 18.1 Å². The predicted molar refractivity (Wildman–Crippen MR) is 133 cm³/mol. The van der Waals surface area contributed by atoms with Crippen LogP contribution in [0.1, 0.15) is 30.3 Å². The number of aromatic nitrogens is 3.